The molecule has 0 radical (unpaired) electrons. The number of amides is 1. The van der Waals surface area contributed by atoms with E-state index in [0.29, 0.717) is 32.6 Å². The van der Waals surface area contributed by atoms with Gasteiger partial charge in [-0.3, -0.25) is 9.18 Å². The summed E-state index contributed by atoms with van der Waals surface area (Å²) in [7, 11) is 0. The van der Waals surface area contributed by atoms with E-state index in [1.54, 1.807) is 0 Å². The van der Waals surface area contributed by atoms with E-state index < -0.39 is 0 Å². The Morgan fingerprint density at radius 2 is 2.15 bits per heavy atom. The number of aryl methyl sites for hydroxylation is 1. The van der Waals surface area contributed by atoms with Crippen molar-refractivity contribution in [1.82, 2.24) is 15.2 Å². The van der Waals surface area contributed by atoms with Crippen molar-refractivity contribution < 1.29 is 9.18 Å². The first kappa shape index (κ1) is 19.6. The molecule has 1 aromatic carbocycles. The molecule has 1 amide bonds. The number of alkyl halides is 1. The third kappa shape index (κ3) is 4.24. The summed E-state index contributed by atoms with van der Waals surface area (Å²) in [5.74, 6) is -0.0810. The summed E-state index contributed by atoms with van der Waals surface area (Å²) in [6.45, 7) is 6.24. The number of hydrogen-bond donors (Lipinski definition) is 2. The molecule has 27 heavy (non-hydrogen) atoms. The van der Waals surface area contributed by atoms with Crippen molar-refractivity contribution in [3.8, 4) is 0 Å². The number of halogens is 1. The molecule has 146 valence electrons. The average molecular weight is 372 g/mol. The topological polar surface area (TPSA) is 48.1 Å². The van der Waals surface area contributed by atoms with Crippen LogP contribution < -0.4 is 5.32 Å². The van der Waals surface area contributed by atoms with Crippen LogP contribution in [-0.2, 0) is 11.2 Å². The van der Waals surface area contributed by atoms with Gasteiger partial charge in [-0.15, -0.1) is 0 Å². The maximum Gasteiger partial charge on any atom is 0.230 e. The van der Waals surface area contributed by atoms with Crippen LogP contribution in [0.25, 0.3) is 16.5 Å². The van der Waals surface area contributed by atoms with Crippen molar-refractivity contribution in [1.29, 1.82) is 0 Å². The van der Waals surface area contributed by atoms with Crippen LogP contribution in [0.1, 0.15) is 37.8 Å². The number of carbonyl (C=O) groups excluding carboxylic acids is 1. The maximum atomic E-state index is 13.0. The fraction of sp³-hybridized carbons (Fsp3) is 0.500. The molecule has 2 N–H and O–H groups in total. The number of aromatic nitrogens is 1. The Bertz CT molecular complexity index is 807. The van der Waals surface area contributed by atoms with Crippen LogP contribution >= 0.6 is 0 Å². The van der Waals surface area contributed by atoms with Gasteiger partial charge < -0.3 is 15.2 Å². The van der Waals surface area contributed by atoms with E-state index >= 15 is 0 Å². The van der Waals surface area contributed by atoms with Gasteiger partial charge in [0, 0.05) is 36.7 Å². The molecule has 1 aliphatic rings. The lowest BCUT2D eigenvalue weighted by Gasteiger charge is -2.25. The highest BCUT2D eigenvalue weighted by atomic mass is 19.1. The van der Waals surface area contributed by atoms with E-state index in [1.165, 1.54) is 22.1 Å². The summed E-state index contributed by atoms with van der Waals surface area (Å²) in [5.41, 5.74) is 4.98. The molecule has 0 aliphatic heterocycles. The lowest BCUT2D eigenvalue weighted by atomic mass is 9.86. The first-order valence-electron chi connectivity index (χ1n) is 10.0. The predicted molar refractivity (Wildman–Crippen MR) is 109 cm³/mol. The molecule has 1 heterocycles. The zero-order valence-electron chi connectivity index (χ0n) is 16.4. The summed E-state index contributed by atoms with van der Waals surface area (Å²) in [6.07, 6.45) is 6.66. The minimum Gasteiger partial charge on any atom is -0.361 e. The SMILES string of the molecule is CCN(CC)C(=O)C(/C=C1\CCc2c[nH]c3cccc1c23)CNCCCF. The smallest absolute Gasteiger partial charge is 0.230 e. The van der Waals surface area contributed by atoms with Crippen molar-refractivity contribution in [3.05, 3.63) is 41.6 Å². The molecule has 1 atom stereocenters. The number of allylic oxidation sites excluding steroid dienone is 1. The Morgan fingerprint density at radius 3 is 2.89 bits per heavy atom. The van der Waals surface area contributed by atoms with E-state index in [4.69, 9.17) is 0 Å². The van der Waals surface area contributed by atoms with Crippen LogP contribution in [0.4, 0.5) is 4.39 Å². The molecule has 5 heteroatoms. The first-order valence-corrected chi connectivity index (χ1v) is 10.0. The second-order valence-electron chi connectivity index (χ2n) is 7.10. The van der Waals surface area contributed by atoms with Gasteiger partial charge in [-0.05, 0) is 62.4 Å². The Labute approximate surface area is 160 Å². The van der Waals surface area contributed by atoms with Gasteiger partial charge in [-0.1, -0.05) is 18.2 Å². The number of carbonyl (C=O) groups is 1. The summed E-state index contributed by atoms with van der Waals surface area (Å²) in [5, 5.41) is 4.55. The van der Waals surface area contributed by atoms with Crippen molar-refractivity contribution in [2.24, 2.45) is 5.92 Å². The minimum atomic E-state index is -0.332. The average Bonchev–Trinajstić information content (AvgIpc) is 3.11. The summed E-state index contributed by atoms with van der Waals surface area (Å²) in [4.78, 5) is 18.3. The summed E-state index contributed by atoms with van der Waals surface area (Å²) < 4.78 is 12.4. The molecule has 0 bridgehead atoms. The second-order valence-corrected chi connectivity index (χ2v) is 7.10. The van der Waals surface area contributed by atoms with Gasteiger partial charge >= 0.3 is 0 Å². The van der Waals surface area contributed by atoms with Gasteiger partial charge in [0.2, 0.25) is 5.91 Å². The van der Waals surface area contributed by atoms with E-state index in [9.17, 15) is 9.18 Å². The number of benzene rings is 1. The summed E-state index contributed by atoms with van der Waals surface area (Å²) in [6, 6.07) is 6.32. The van der Waals surface area contributed by atoms with Gasteiger partial charge in [0.25, 0.3) is 0 Å². The fourth-order valence-electron chi connectivity index (χ4n) is 3.98. The van der Waals surface area contributed by atoms with Crippen LogP contribution in [0, 0.1) is 5.92 Å². The quantitative estimate of drug-likeness (QED) is 0.656. The molecule has 1 aliphatic carbocycles. The summed E-state index contributed by atoms with van der Waals surface area (Å²) >= 11 is 0. The molecule has 2 aromatic rings. The molecule has 0 spiro atoms. The molecule has 0 saturated carbocycles. The van der Waals surface area contributed by atoms with Crippen LogP contribution in [0.5, 0.6) is 0 Å². The van der Waals surface area contributed by atoms with Crippen LogP contribution in [0.2, 0.25) is 0 Å². The zero-order chi connectivity index (χ0) is 19.2. The van der Waals surface area contributed by atoms with Crippen LogP contribution in [-0.4, -0.2) is 48.6 Å². The van der Waals surface area contributed by atoms with Gasteiger partial charge in [0.05, 0.1) is 12.6 Å². The van der Waals surface area contributed by atoms with Gasteiger partial charge in [-0.25, -0.2) is 0 Å². The number of aromatic amines is 1. The molecular weight excluding hydrogens is 341 g/mol. The standard InChI is InChI=1S/C22H30FN3O/c1-3-26(4-2)22(27)18(14-24-12-6-11-23)13-16-9-10-17-15-25-20-8-5-7-19(16)21(17)20/h5,7-8,13,15,18,24-25H,3-4,6,9-12,14H2,1-2H3/b16-13+. The van der Waals surface area contributed by atoms with E-state index in [1.807, 2.05) is 18.7 Å². The normalized spacial score (nSPS) is 16.0. The number of rotatable bonds is 9. The molecule has 0 fully saturated rings. The van der Waals surface area contributed by atoms with E-state index in [2.05, 4.69) is 40.8 Å². The van der Waals surface area contributed by atoms with Gasteiger partial charge in [0.1, 0.15) is 0 Å². The Hall–Kier alpha value is -2.14. The fourth-order valence-corrected chi connectivity index (χ4v) is 3.98. The highest BCUT2D eigenvalue weighted by Crippen LogP contribution is 2.36. The van der Waals surface area contributed by atoms with Crippen LogP contribution in [0.3, 0.4) is 0 Å². The van der Waals surface area contributed by atoms with E-state index in [-0.39, 0.29) is 18.5 Å². The molecule has 4 nitrogen and oxygen atoms in total. The lowest BCUT2D eigenvalue weighted by Crippen LogP contribution is -2.39. The zero-order valence-corrected chi connectivity index (χ0v) is 16.4. The number of nitrogens with one attached hydrogen (secondary N) is 2. The lowest BCUT2D eigenvalue weighted by molar-refractivity contribution is -0.133. The van der Waals surface area contributed by atoms with Gasteiger partial charge in [-0.2, -0.15) is 0 Å². The minimum absolute atomic E-state index is 0.146. The molecule has 0 saturated heterocycles. The van der Waals surface area contributed by atoms with Crippen molar-refractivity contribution >= 4 is 22.4 Å². The maximum absolute atomic E-state index is 13.0. The number of H-pyrrole nitrogens is 1. The third-order valence-corrected chi connectivity index (χ3v) is 5.44. The number of nitrogens with zero attached hydrogens (tertiary/aromatic N) is 1. The monoisotopic (exact) mass is 371 g/mol. The number of hydrogen-bond acceptors (Lipinski definition) is 2. The highest BCUT2D eigenvalue weighted by Gasteiger charge is 2.24. The van der Waals surface area contributed by atoms with Crippen molar-refractivity contribution in [3.63, 3.8) is 0 Å². The Balaban J connectivity index is 1.89. The molecule has 3 rings (SSSR count). The van der Waals surface area contributed by atoms with Crippen molar-refractivity contribution in [2.45, 2.75) is 33.1 Å². The predicted octanol–water partition coefficient (Wildman–Crippen LogP) is 3.93. The van der Waals surface area contributed by atoms with Crippen molar-refractivity contribution in [2.75, 3.05) is 32.9 Å². The second kappa shape index (κ2) is 9.18. The van der Waals surface area contributed by atoms with Gasteiger partial charge in [0.15, 0.2) is 0 Å². The Morgan fingerprint density at radius 1 is 1.33 bits per heavy atom. The molecular formula is C22H30FN3O. The van der Waals surface area contributed by atoms with E-state index in [0.717, 1.165) is 18.4 Å². The van der Waals surface area contributed by atoms with Crippen LogP contribution in [0.15, 0.2) is 30.5 Å². The molecule has 1 aromatic heterocycles. The largest absolute Gasteiger partial charge is 0.361 e. The molecule has 1 unspecified atom stereocenters. The first-order chi connectivity index (χ1) is 13.2. The Kier molecular flexibility index (Phi) is 6.67. The highest BCUT2D eigenvalue weighted by molar-refractivity contribution is 5.97. The third-order valence-electron chi connectivity index (χ3n) is 5.44.